The number of ketones is 1. The van der Waals surface area contributed by atoms with Gasteiger partial charge in [-0.3, -0.25) is 4.57 Å². The van der Waals surface area contributed by atoms with E-state index >= 15 is 0 Å². The maximum absolute atomic E-state index is 11.1. The van der Waals surface area contributed by atoms with E-state index < -0.39 is 0 Å². The molecule has 0 aliphatic rings. The molecule has 0 aliphatic heterocycles. The van der Waals surface area contributed by atoms with Crippen molar-refractivity contribution in [3.63, 3.8) is 0 Å². The molecule has 0 atom stereocenters. The van der Waals surface area contributed by atoms with Crippen LogP contribution in [0.4, 0.5) is 0 Å². The van der Waals surface area contributed by atoms with E-state index in [1.54, 1.807) is 30.8 Å². The molecule has 3 rings (SSSR count). The summed E-state index contributed by atoms with van der Waals surface area (Å²) in [4.78, 5) is 11.1. The zero-order chi connectivity index (χ0) is 19.1. The number of ether oxygens (including phenoxy) is 1. The van der Waals surface area contributed by atoms with E-state index in [1.807, 2.05) is 47.0 Å². The quantitative estimate of drug-likeness (QED) is 0.374. The minimum Gasteiger partial charge on any atom is -0.486 e. The van der Waals surface area contributed by atoms with Crippen molar-refractivity contribution in [3.8, 4) is 11.4 Å². The Morgan fingerprint density at radius 1 is 1.11 bits per heavy atom. The summed E-state index contributed by atoms with van der Waals surface area (Å²) in [6.07, 6.45) is 1.40. The van der Waals surface area contributed by atoms with E-state index in [9.17, 15) is 4.79 Å². The highest BCUT2D eigenvalue weighted by Crippen LogP contribution is 2.24. The van der Waals surface area contributed by atoms with Crippen LogP contribution >= 0.6 is 23.4 Å². The van der Waals surface area contributed by atoms with Crippen LogP contribution < -0.4 is 4.74 Å². The monoisotopic (exact) mass is 401 g/mol. The molecule has 0 aliphatic carbocycles. The number of thioether (sulfide) groups is 1. The first kappa shape index (κ1) is 19.5. The van der Waals surface area contributed by atoms with Crippen LogP contribution in [-0.2, 0) is 11.4 Å². The first-order valence-corrected chi connectivity index (χ1v) is 10.00. The Kier molecular flexibility index (Phi) is 6.90. The normalized spacial score (nSPS) is 10.7. The first-order chi connectivity index (χ1) is 13.1. The van der Waals surface area contributed by atoms with Crippen molar-refractivity contribution in [2.24, 2.45) is 0 Å². The van der Waals surface area contributed by atoms with Crippen LogP contribution in [0.15, 0.2) is 59.8 Å². The van der Waals surface area contributed by atoms with Crippen LogP contribution in [0.5, 0.6) is 5.75 Å². The number of halogens is 1. The summed E-state index contributed by atoms with van der Waals surface area (Å²) < 4.78 is 7.84. The minimum atomic E-state index is 0.206. The summed E-state index contributed by atoms with van der Waals surface area (Å²) in [6, 6.07) is 17.2. The molecule has 0 amide bonds. The third kappa shape index (κ3) is 5.58. The van der Waals surface area contributed by atoms with Gasteiger partial charge in [0.1, 0.15) is 18.1 Å². The fraction of sp³-hybridized carbons (Fsp3) is 0.250. The average Bonchev–Trinajstić information content (AvgIpc) is 3.08. The van der Waals surface area contributed by atoms with Crippen LogP contribution in [-0.4, -0.2) is 26.3 Å². The SMILES string of the molecule is CC(=O)CCCSc1nnc(COc2ccc(Cl)cc2)n1-c1ccccc1. The Morgan fingerprint density at radius 3 is 2.56 bits per heavy atom. The molecular formula is C20H20ClN3O2S. The van der Waals surface area contributed by atoms with Crippen molar-refractivity contribution in [1.29, 1.82) is 0 Å². The topological polar surface area (TPSA) is 57.0 Å². The Bertz CT molecular complexity index is 882. The Hall–Kier alpha value is -2.31. The molecule has 0 saturated carbocycles. The maximum Gasteiger partial charge on any atom is 0.195 e. The van der Waals surface area contributed by atoms with Gasteiger partial charge in [-0.1, -0.05) is 41.6 Å². The van der Waals surface area contributed by atoms with Gasteiger partial charge in [-0.05, 0) is 49.7 Å². The van der Waals surface area contributed by atoms with E-state index in [0.29, 0.717) is 17.3 Å². The fourth-order valence-electron chi connectivity index (χ4n) is 2.49. The number of Topliss-reactive ketones (excluding diaryl/α,β-unsaturated/α-hetero) is 1. The van der Waals surface area contributed by atoms with Gasteiger partial charge in [-0.15, -0.1) is 10.2 Å². The van der Waals surface area contributed by atoms with Crippen molar-refractivity contribution in [2.75, 3.05) is 5.75 Å². The number of rotatable bonds is 9. The highest BCUT2D eigenvalue weighted by molar-refractivity contribution is 7.99. The smallest absolute Gasteiger partial charge is 0.195 e. The first-order valence-electron chi connectivity index (χ1n) is 8.64. The van der Waals surface area contributed by atoms with Crippen molar-refractivity contribution < 1.29 is 9.53 Å². The lowest BCUT2D eigenvalue weighted by atomic mass is 10.3. The van der Waals surface area contributed by atoms with Crippen LogP contribution in [0, 0.1) is 0 Å². The highest BCUT2D eigenvalue weighted by Gasteiger charge is 2.15. The summed E-state index contributed by atoms with van der Waals surface area (Å²) in [5.41, 5.74) is 0.978. The molecule has 5 nitrogen and oxygen atoms in total. The summed E-state index contributed by atoms with van der Waals surface area (Å²) in [5, 5.41) is 10.1. The van der Waals surface area contributed by atoms with E-state index in [4.69, 9.17) is 16.3 Å². The minimum absolute atomic E-state index is 0.206. The number of carbonyl (C=O) groups is 1. The summed E-state index contributed by atoms with van der Waals surface area (Å²) in [7, 11) is 0. The molecule has 0 fully saturated rings. The van der Waals surface area contributed by atoms with Gasteiger partial charge in [-0.2, -0.15) is 0 Å². The van der Waals surface area contributed by atoms with Gasteiger partial charge in [0.15, 0.2) is 11.0 Å². The van der Waals surface area contributed by atoms with Crippen molar-refractivity contribution >= 4 is 29.1 Å². The van der Waals surface area contributed by atoms with Gasteiger partial charge in [-0.25, -0.2) is 0 Å². The molecule has 1 heterocycles. The van der Waals surface area contributed by atoms with Gasteiger partial charge in [0.05, 0.1) is 0 Å². The van der Waals surface area contributed by atoms with Crippen molar-refractivity contribution in [2.45, 2.75) is 31.5 Å². The van der Waals surface area contributed by atoms with Gasteiger partial charge in [0, 0.05) is 22.9 Å². The number of carbonyl (C=O) groups excluding carboxylic acids is 1. The lowest BCUT2D eigenvalue weighted by Gasteiger charge is -2.11. The van der Waals surface area contributed by atoms with Crippen LogP contribution in [0.25, 0.3) is 5.69 Å². The molecule has 0 bridgehead atoms. The number of hydrogen-bond donors (Lipinski definition) is 0. The van der Waals surface area contributed by atoms with E-state index in [-0.39, 0.29) is 12.4 Å². The third-order valence-corrected chi connectivity index (χ3v) is 5.07. The molecule has 7 heteroatoms. The molecule has 1 aromatic heterocycles. The second-order valence-corrected chi connectivity index (χ2v) is 7.46. The fourth-order valence-corrected chi connectivity index (χ4v) is 3.52. The Morgan fingerprint density at radius 2 is 1.85 bits per heavy atom. The summed E-state index contributed by atoms with van der Waals surface area (Å²) in [5.74, 6) is 2.45. The zero-order valence-electron chi connectivity index (χ0n) is 15.0. The van der Waals surface area contributed by atoms with Gasteiger partial charge in [0.25, 0.3) is 0 Å². The molecule has 0 N–H and O–H groups in total. The molecule has 27 heavy (non-hydrogen) atoms. The molecular weight excluding hydrogens is 382 g/mol. The second kappa shape index (κ2) is 9.58. The predicted octanol–water partition coefficient (Wildman–Crippen LogP) is 4.96. The average molecular weight is 402 g/mol. The second-order valence-electron chi connectivity index (χ2n) is 5.97. The third-order valence-electron chi connectivity index (χ3n) is 3.80. The number of nitrogens with zero attached hydrogens (tertiary/aromatic N) is 3. The van der Waals surface area contributed by atoms with Crippen LogP contribution in [0.3, 0.4) is 0 Å². The van der Waals surface area contributed by atoms with Crippen LogP contribution in [0.2, 0.25) is 5.02 Å². The van der Waals surface area contributed by atoms with E-state index in [2.05, 4.69) is 10.2 Å². The lowest BCUT2D eigenvalue weighted by molar-refractivity contribution is -0.117. The van der Waals surface area contributed by atoms with Crippen molar-refractivity contribution in [1.82, 2.24) is 14.8 Å². The lowest BCUT2D eigenvalue weighted by Crippen LogP contribution is -2.06. The van der Waals surface area contributed by atoms with E-state index in [1.165, 1.54) is 0 Å². The van der Waals surface area contributed by atoms with Crippen molar-refractivity contribution in [3.05, 3.63) is 65.4 Å². The molecule has 2 aromatic carbocycles. The summed E-state index contributed by atoms with van der Waals surface area (Å²) >= 11 is 7.50. The predicted molar refractivity (Wildman–Crippen MR) is 108 cm³/mol. The van der Waals surface area contributed by atoms with Gasteiger partial charge in [0.2, 0.25) is 0 Å². The largest absolute Gasteiger partial charge is 0.486 e. The van der Waals surface area contributed by atoms with E-state index in [0.717, 1.165) is 28.8 Å². The molecule has 0 unspecified atom stereocenters. The Labute approximate surface area is 167 Å². The molecule has 140 valence electrons. The molecule has 0 radical (unpaired) electrons. The van der Waals surface area contributed by atoms with Gasteiger partial charge < -0.3 is 9.53 Å². The molecule has 0 saturated heterocycles. The highest BCUT2D eigenvalue weighted by atomic mass is 35.5. The maximum atomic E-state index is 11.1. The van der Waals surface area contributed by atoms with Gasteiger partial charge >= 0.3 is 0 Å². The summed E-state index contributed by atoms with van der Waals surface area (Å²) in [6.45, 7) is 1.90. The molecule has 0 spiro atoms. The standard InChI is InChI=1S/C20H20ClN3O2S/c1-15(25)6-5-13-27-20-23-22-19(24(20)17-7-3-2-4-8-17)14-26-18-11-9-16(21)10-12-18/h2-4,7-12H,5-6,13-14H2,1H3. The number of aromatic nitrogens is 3. The molecule has 3 aromatic rings. The van der Waals surface area contributed by atoms with Crippen LogP contribution in [0.1, 0.15) is 25.6 Å². The number of benzene rings is 2. The zero-order valence-corrected chi connectivity index (χ0v) is 16.5. The Balaban J connectivity index is 1.76. The number of para-hydroxylation sites is 1. The number of hydrogen-bond acceptors (Lipinski definition) is 5.